The van der Waals surface area contributed by atoms with E-state index in [1.54, 1.807) is 12.1 Å². The summed E-state index contributed by atoms with van der Waals surface area (Å²) in [6.45, 7) is -0.287. The van der Waals surface area contributed by atoms with E-state index in [2.05, 4.69) is 5.32 Å². The molecule has 2 N–H and O–H groups in total. The lowest BCUT2D eigenvalue weighted by Crippen LogP contribution is -2.42. The lowest BCUT2D eigenvalue weighted by Gasteiger charge is -2.25. The third-order valence-electron chi connectivity index (χ3n) is 2.87. The van der Waals surface area contributed by atoms with Crippen molar-refractivity contribution in [2.75, 3.05) is 13.1 Å². The summed E-state index contributed by atoms with van der Waals surface area (Å²) >= 11 is 0. The van der Waals surface area contributed by atoms with Gasteiger partial charge in [0.25, 0.3) is 0 Å². The first-order valence-corrected chi connectivity index (χ1v) is 5.60. The van der Waals surface area contributed by atoms with Gasteiger partial charge in [-0.05, 0) is 11.1 Å². The van der Waals surface area contributed by atoms with Crippen LogP contribution in [0.1, 0.15) is 17.0 Å². The van der Waals surface area contributed by atoms with Gasteiger partial charge in [0, 0.05) is 13.1 Å². The number of halogens is 3. The van der Waals surface area contributed by atoms with Crippen molar-refractivity contribution in [3.63, 3.8) is 0 Å². The van der Waals surface area contributed by atoms with Crippen LogP contribution in [-0.2, 0) is 11.3 Å². The van der Waals surface area contributed by atoms with Crippen molar-refractivity contribution < 1.29 is 18.0 Å². The van der Waals surface area contributed by atoms with Crippen molar-refractivity contribution >= 4 is 5.91 Å². The summed E-state index contributed by atoms with van der Waals surface area (Å²) in [5.41, 5.74) is 1.76. The van der Waals surface area contributed by atoms with Gasteiger partial charge >= 0.3 is 6.18 Å². The molecule has 0 saturated heterocycles. The number of carbonyl (C=O) groups excluding carboxylic acids is 1. The second-order valence-corrected chi connectivity index (χ2v) is 4.22. The van der Waals surface area contributed by atoms with E-state index in [0.717, 1.165) is 11.1 Å². The molecule has 2 rings (SSSR count). The molecular formula is C12H13F3N2O. The standard InChI is InChI=1S/C12H13F3N2O/c13-12(14,15)7-17-11(18)10-6-16-5-8-3-1-2-4-9(8)10/h1-4,10,16H,5-7H2,(H,17,18). The van der Waals surface area contributed by atoms with E-state index in [1.807, 2.05) is 17.4 Å². The van der Waals surface area contributed by atoms with Gasteiger partial charge in [0.05, 0.1) is 5.92 Å². The Morgan fingerprint density at radius 3 is 2.83 bits per heavy atom. The highest BCUT2D eigenvalue weighted by Crippen LogP contribution is 2.24. The zero-order valence-electron chi connectivity index (χ0n) is 9.55. The number of hydrogen-bond acceptors (Lipinski definition) is 2. The summed E-state index contributed by atoms with van der Waals surface area (Å²) in [5.74, 6) is -1.15. The minimum Gasteiger partial charge on any atom is -0.346 e. The van der Waals surface area contributed by atoms with Gasteiger partial charge < -0.3 is 10.6 Å². The van der Waals surface area contributed by atoms with Crippen LogP contribution in [0.3, 0.4) is 0 Å². The lowest BCUT2D eigenvalue weighted by molar-refractivity contribution is -0.139. The molecule has 18 heavy (non-hydrogen) atoms. The predicted molar refractivity (Wildman–Crippen MR) is 60.0 cm³/mol. The van der Waals surface area contributed by atoms with Crippen LogP contribution >= 0.6 is 0 Å². The molecule has 1 aromatic rings. The summed E-state index contributed by atoms with van der Waals surface area (Å²) < 4.78 is 36.1. The van der Waals surface area contributed by atoms with Crippen LogP contribution in [-0.4, -0.2) is 25.2 Å². The van der Waals surface area contributed by atoms with Crippen molar-refractivity contribution in [1.29, 1.82) is 0 Å². The van der Waals surface area contributed by atoms with E-state index in [1.165, 1.54) is 0 Å². The van der Waals surface area contributed by atoms with Crippen LogP contribution < -0.4 is 10.6 Å². The van der Waals surface area contributed by atoms with E-state index in [9.17, 15) is 18.0 Å². The summed E-state index contributed by atoms with van der Waals surface area (Å²) in [7, 11) is 0. The first kappa shape index (κ1) is 12.9. The van der Waals surface area contributed by atoms with Crippen LogP contribution in [0.25, 0.3) is 0 Å². The van der Waals surface area contributed by atoms with Gasteiger partial charge in [-0.25, -0.2) is 0 Å². The maximum atomic E-state index is 12.0. The Bertz CT molecular complexity index is 445. The van der Waals surface area contributed by atoms with Gasteiger partial charge in [0.2, 0.25) is 5.91 Å². The fraction of sp³-hybridized carbons (Fsp3) is 0.417. The van der Waals surface area contributed by atoms with E-state index in [-0.39, 0.29) is 0 Å². The average Bonchev–Trinajstić information content (AvgIpc) is 2.34. The van der Waals surface area contributed by atoms with Crippen LogP contribution in [0.4, 0.5) is 13.2 Å². The number of nitrogens with one attached hydrogen (secondary N) is 2. The molecule has 1 aromatic carbocycles. The van der Waals surface area contributed by atoms with Crippen molar-refractivity contribution in [2.24, 2.45) is 0 Å². The van der Waals surface area contributed by atoms with E-state index in [4.69, 9.17) is 0 Å². The average molecular weight is 258 g/mol. The normalized spacial score (nSPS) is 19.2. The zero-order chi connectivity index (χ0) is 13.2. The summed E-state index contributed by atoms with van der Waals surface area (Å²) in [6.07, 6.45) is -4.38. The maximum absolute atomic E-state index is 12.0. The molecule has 0 fully saturated rings. The molecule has 0 radical (unpaired) electrons. The minimum atomic E-state index is -4.38. The maximum Gasteiger partial charge on any atom is 0.405 e. The Balaban J connectivity index is 2.08. The van der Waals surface area contributed by atoms with E-state index in [0.29, 0.717) is 13.1 Å². The highest BCUT2D eigenvalue weighted by Gasteiger charge is 2.31. The molecular weight excluding hydrogens is 245 g/mol. The molecule has 98 valence electrons. The van der Waals surface area contributed by atoms with Gasteiger partial charge in [-0.3, -0.25) is 4.79 Å². The second-order valence-electron chi connectivity index (χ2n) is 4.22. The van der Waals surface area contributed by atoms with Crippen molar-refractivity contribution in [2.45, 2.75) is 18.6 Å². The Morgan fingerprint density at radius 1 is 1.39 bits per heavy atom. The summed E-state index contributed by atoms with van der Waals surface area (Å²) in [6, 6.07) is 7.28. The fourth-order valence-corrected chi connectivity index (χ4v) is 2.04. The topological polar surface area (TPSA) is 41.1 Å². The predicted octanol–water partition coefficient (Wildman–Crippen LogP) is 1.55. The van der Waals surface area contributed by atoms with Crippen LogP contribution in [0.2, 0.25) is 0 Å². The van der Waals surface area contributed by atoms with Gasteiger partial charge in [0.15, 0.2) is 0 Å². The number of alkyl halides is 3. The molecule has 1 heterocycles. The van der Waals surface area contributed by atoms with Crippen molar-refractivity contribution in [3.05, 3.63) is 35.4 Å². The second kappa shape index (κ2) is 4.97. The van der Waals surface area contributed by atoms with Gasteiger partial charge in [-0.15, -0.1) is 0 Å². The lowest BCUT2D eigenvalue weighted by atomic mass is 9.90. The summed E-state index contributed by atoms with van der Waals surface area (Å²) in [4.78, 5) is 11.8. The number of hydrogen-bond donors (Lipinski definition) is 2. The zero-order valence-corrected chi connectivity index (χ0v) is 9.55. The molecule has 0 aliphatic carbocycles. The van der Waals surface area contributed by atoms with E-state index < -0.39 is 24.5 Å². The Kier molecular flexibility index (Phi) is 3.56. The van der Waals surface area contributed by atoms with Crippen molar-refractivity contribution in [1.82, 2.24) is 10.6 Å². The molecule has 1 amide bonds. The molecule has 1 aliphatic rings. The highest BCUT2D eigenvalue weighted by molar-refractivity contribution is 5.84. The molecule has 3 nitrogen and oxygen atoms in total. The van der Waals surface area contributed by atoms with Gasteiger partial charge in [0.1, 0.15) is 6.54 Å². The molecule has 1 unspecified atom stereocenters. The molecule has 0 aromatic heterocycles. The molecule has 0 spiro atoms. The van der Waals surface area contributed by atoms with Gasteiger partial charge in [-0.1, -0.05) is 24.3 Å². The monoisotopic (exact) mass is 258 g/mol. The Hall–Kier alpha value is -1.56. The highest BCUT2D eigenvalue weighted by atomic mass is 19.4. The van der Waals surface area contributed by atoms with Crippen molar-refractivity contribution in [3.8, 4) is 0 Å². The number of carbonyl (C=O) groups is 1. The largest absolute Gasteiger partial charge is 0.405 e. The quantitative estimate of drug-likeness (QED) is 0.845. The number of benzene rings is 1. The minimum absolute atomic E-state index is 0.362. The van der Waals surface area contributed by atoms with Crippen LogP contribution in [0.5, 0.6) is 0 Å². The van der Waals surface area contributed by atoms with Gasteiger partial charge in [-0.2, -0.15) is 13.2 Å². The van der Waals surface area contributed by atoms with Crippen LogP contribution in [0, 0.1) is 0 Å². The van der Waals surface area contributed by atoms with E-state index >= 15 is 0 Å². The third kappa shape index (κ3) is 3.01. The number of fused-ring (bicyclic) bond motifs is 1. The third-order valence-corrected chi connectivity index (χ3v) is 2.87. The smallest absolute Gasteiger partial charge is 0.346 e. The van der Waals surface area contributed by atoms with Crippen LogP contribution in [0.15, 0.2) is 24.3 Å². The molecule has 1 aliphatic heterocycles. The molecule has 6 heteroatoms. The Morgan fingerprint density at radius 2 is 2.11 bits per heavy atom. The summed E-state index contributed by atoms with van der Waals surface area (Å²) in [5, 5.41) is 4.96. The number of amides is 1. The molecule has 0 saturated carbocycles. The fourth-order valence-electron chi connectivity index (χ4n) is 2.04. The molecule has 0 bridgehead atoms. The SMILES string of the molecule is O=C(NCC(F)(F)F)C1CNCc2ccccc21. The molecule has 1 atom stereocenters. The Labute approximate surface area is 102 Å². The first-order chi connectivity index (χ1) is 8.47. The first-order valence-electron chi connectivity index (χ1n) is 5.60. The number of rotatable bonds is 2.